The Morgan fingerprint density at radius 2 is 2.19 bits per heavy atom. The molecule has 1 saturated heterocycles. The topological polar surface area (TPSA) is 83.3 Å². The molecule has 1 aliphatic heterocycles. The number of carbonyl (C=O) groups excluding carboxylic acids is 1. The Bertz CT molecular complexity index is 495. The fraction of sp³-hybridized carbons (Fsp3) is 0.786. The summed E-state index contributed by atoms with van der Waals surface area (Å²) in [6, 6.07) is 0.0323. The van der Waals surface area contributed by atoms with E-state index in [2.05, 4.69) is 20.8 Å². The minimum absolute atomic E-state index is 0.0323. The maximum atomic E-state index is 11.6. The van der Waals surface area contributed by atoms with Gasteiger partial charge >= 0.3 is 6.03 Å². The van der Waals surface area contributed by atoms with Crippen LogP contribution in [0.5, 0.6) is 0 Å². The van der Waals surface area contributed by atoms with Gasteiger partial charge in [-0.05, 0) is 12.8 Å². The van der Waals surface area contributed by atoms with Gasteiger partial charge in [0, 0.05) is 33.1 Å². The van der Waals surface area contributed by atoms with E-state index >= 15 is 0 Å². The number of rotatable bonds is 5. The zero-order valence-electron chi connectivity index (χ0n) is 12.5. The minimum atomic E-state index is -0.188. The molecule has 0 spiro atoms. The van der Waals surface area contributed by atoms with Crippen molar-refractivity contribution in [2.24, 2.45) is 0 Å². The summed E-state index contributed by atoms with van der Waals surface area (Å²) in [6.45, 7) is 4.82. The maximum absolute atomic E-state index is 11.6. The van der Waals surface area contributed by atoms with Gasteiger partial charge in [-0.15, -0.1) is 0 Å². The van der Waals surface area contributed by atoms with E-state index in [-0.39, 0.29) is 11.6 Å². The number of amides is 2. The lowest BCUT2D eigenvalue weighted by atomic mass is 9.81. The number of hydrogen-bond donors (Lipinski definition) is 2. The van der Waals surface area contributed by atoms with Crippen LogP contribution in [0.15, 0.2) is 4.52 Å². The van der Waals surface area contributed by atoms with Crippen molar-refractivity contribution in [3.63, 3.8) is 0 Å². The first kappa shape index (κ1) is 14.3. The second kappa shape index (κ2) is 6.01. The van der Waals surface area contributed by atoms with Crippen LogP contribution in [0.25, 0.3) is 0 Å². The first-order valence-electron chi connectivity index (χ1n) is 7.78. The van der Waals surface area contributed by atoms with Crippen molar-refractivity contribution >= 4 is 6.03 Å². The van der Waals surface area contributed by atoms with Gasteiger partial charge in [-0.25, -0.2) is 4.79 Å². The SMILES string of the molecule is Cc1nc(C2(NCCN3CCNC3=O)CCCCC2)no1. The van der Waals surface area contributed by atoms with E-state index in [1.807, 2.05) is 11.8 Å². The predicted molar refractivity (Wildman–Crippen MR) is 76.8 cm³/mol. The Morgan fingerprint density at radius 3 is 2.81 bits per heavy atom. The molecule has 2 heterocycles. The summed E-state index contributed by atoms with van der Waals surface area (Å²) in [5.74, 6) is 1.38. The quantitative estimate of drug-likeness (QED) is 0.851. The summed E-state index contributed by atoms with van der Waals surface area (Å²) in [5, 5.41) is 10.6. The van der Waals surface area contributed by atoms with Crippen molar-refractivity contribution in [2.45, 2.75) is 44.6 Å². The third-order valence-electron chi connectivity index (χ3n) is 4.45. The van der Waals surface area contributed by atoms with Gasteiger partial charge < -0.3 is 20.1 Å². The number of urea groups is 1. The second-order valence-electron chi connectivity index (χ2n) is 5.93. The second-order valence-corrected chi connectivity index (χ2v) is 5.93. The molecule has 0 unspecified atom stereocenters. The molecule has 7 heteroatoms. The lowest BCUT2D eigenvalue weighted by Gasteiger charge is -2.36. The van der Waals surface area contributed by atoms with Gasteiger partial charge in [-0.2, -0.15) is 4.98 Å². The standard InChI is InChI=1S/C14H23N5O2/c1-11-17-12(18-21-11)14(5-3-2-4-6-14)16-8-10-19-9-7-15-13(19)20/h16H,2-10H2,1H3,(H,15,20). The van der Waals surface area contributed by atoms with Crippen LogP contribution in [0.2, 0.25) is 0 Å². The van der Waals surface area contributed by atoms with Gasteiger partial charge in [0.15, 0.2) is 5.82 Å². The fourth-order valence-corrected chi connectivity index (χ4v) is 3.28. The smallest absolute Gasteiger partial charge is 0.317 e. The molecule has 7 nitrogen and oxygen atoms in total. The van der Waals surface area contributed by atoms with Crippen molar-refractivity contribution in [3.8, 4) is 0 Å². The van der Waals surface area contributed by atoms with Crippen LogP contribution in [0.4, 0.5) is 4.79 Å². The minimum Gasteiger partial charge on any atom is -0.340 e. The van der Waals surface area contributed by atoms with Crippen LogP contribution in [-0.2, 0) is 5.54 Å². The highest BCUT2D eigenvalue weighted by Crippen LogP contribution is 2.35. The van der Waals surface area contributed by atoms with Gasteiger partial charge in [0.2, 0.25) is 5.89 Å². The van der Waals surface area contributed by atoms with Crippen LogP contribution in [-0.4, -0.2) is 47.3 Å². The number of hydrogen-bond acceptors (Lipinski definition) is 5. The molecule has 2 N–H and O–H groups in total. The molecule has 2 aliphatic rings. The molecule has 3 rings (SSSR count). The van der Waals surface area contributed by atoms with Crippen molar-refractivity contribution < 1.29 is 9.32 Å². The summed E-state index contributed by atoms with van der Waals surface area (Å²) in [7, 11) is 0. The Hall–Kier alpha value is -1.63. The van der Waals surface area contributed by atoms with Crippen LogP contribution in [0.3, 0.4) is 0 Å². The third kappa shape index (κ3) is 3.02. The van der Waals surface area contributed by atoms with Crippen LogP contribution >= 0.6 is 0 Å². The van der Waals surface area contributed by atoms with Gasteiger partial charge in [-0.1, -0.05) is 24.4 Å². The molecular formula is C14H23N5O2. The highest BCUT2D eigenvalue weighted by molar-refractivity contribution is 5.76. The number of nitrogens with one attached hydrogen (secondary N) is 2. The molecule has 116 valence electrons. The average Bonchev–Trinajstić information content (AvgIpc) is 3.10. The molecule has 0 bridgehead atoms. The molecule has 21 heavy (non-hydrogen) atoms. The number of carbonyl (C=O) groups is 1. The molecule has 0 aromatic carbocycles. The third-order valence-corrected chi connectivity index (χ3v) is 4.45. The largest absolute Gasteiger partial charge is 0.340 e. The van der Waals surface area contributed by atoms with E-state index < -0.39 is 0 Å². The number of aromatic nitrogens is 2. The number of aryl methyl sites for hydroxylation is 1. The Labute approximate surface area is 124 Å². The molecule has 1 aliphatic carbocycles. The van der Waals surface area contributed by atoms with Crippen LogP contribution in [0, 0.1) is 6.92 Å². The molecule has 1 aromatic heterocycles. The zero-order valence-corrected chi connectivity index (χ0v) is 12.5. The van der Waals surface area contributed by atoms with Crippen LogP contribution < -0.4 is 10.6 Å². The summed E-state index contributed by atoms with van der Waals surface area (Å²) >= 11 is 0. The summed E-state index contributed by atoms with van der Waals surface area (Å²) in [5.41, 5.74) is -0.188. The molecule has 1 saturated carbocycles. The summed E-state index contributed by atoms with van der Waals surface area (Å²) < 4.78 is 5.16. The Morgan fingerprint density at radius 1 is 1.38 bits per heavy atom. The van der Waals surface area contributed by atoms with E-state index in [0.717, 1.165) is 38.3 Å². The normalized spacial score (nSPS) is 21.6. The highest BCUT2D eigenvalue weighted by atomic mass is 16.5. The van der Waals surface area contributed by atoms with Crippen molar-refractivity contribution in [1.29, 1.82) is 0 Å². The van der Waals surface area contributed by atoms with Gasteiger partial charge in [0.1, 0.15) is 0 Å². The molecule has 2 amide bonds. The Balaban J connectivity index is 1.64. The van der Waals surface area contributed by atoms with Gasteiger partial charge in [0.25, 0.3) is 0 Å². The number of nitrogens with zero attached hydrogens (tertiary/aromatic N) is 3. The zero-order chi connectivity index (χ0) is 14.7. The average molecular weight is 293 g/mol. The molecule has 0 atom stereocenters. The lowest BCUT2D eigenvalue weighted by molar-refractivity contribution is 0.195. The van der Waals surface area contributed by atoms with E-state index in [1.54, 1.807) is 0 Å². The first-order chi connectivity index (χ1) is 10.2. The van der Waals surface area contributed by atoms with Gasteiger partial charge in [-0.3, -0.25) is 0 Å². The summed E-state index contributed by atoms with van der Waals surface area (Å²) in [6.07, 6.45) is 5.65. The van der Waals surface area contributed by atoms with E-state index in [4.69, 9.17) is 4.52 Å². The molecule has 2 fully saturated rings. The predicted octanol–water partition coefficient (Wildman–Crippen LogP) is 1.15. The molecule has 1 aromatic rings. The van der Waals surface area contributed by atoms with Gasteiger partial charge in [0.05, 0.1) is 5.54 Å². The van der Waals surface area contributed by atoms with Crippen molar-refractivity contribution in [2.75, 3.05) is 26.2 Å². The van der Waals surface area contributed by atoms with Crippen molar-refractivity contribution in [3.05, 3.63) is 11.7 Å². The molecular weight excluding hydrogens is 270 g/mol. The Kier molecular flexibility index (Phi) is 4.10. The first-order valence-corrected chi connectivity index (χ1v) is 7.78. The maximum Gasteiger partial charge on any atom is 0.317 e. The highest BCUT2D eigenvalue weighted by Gasteiger charge is 2.37. The van der Waals surface area contributed by atoms with E-state index in [1.165, 1.54) is 19.3 Å². The van der Waals surface area contributed by atoms with E-state index in [0.29, 0.717) is 12.4 Å². The van der Waals surface area contributed by atoms with E-state index in [9.17, 15) is 4.79 Å². The molecule has 0 radical (unpaired) electrons. The lowest BCUT2D eigenvalue weighted by Crippen LogP contribution is -2.48. The van der Waals surface area contributed by atoms with Crippen molar-refractivity contribution in [1.82, 2.24) is 25.7 Å². The summed E-state index contributed by atoms with van der Waals surface area (Å²) in [4.78, 5) is 17.8. The monoisotopic (exact) mass is 293 g/mol. The van der Waals surface area contributed by atoms with Crippen LogP contribution in [0.1, 0.15) is 43.8 Å². The fourth-order valence-electron chi connectivity index (χ4n) is 3.28.